The molecule has 2 aromatic rings. The van der Waals surface area contributed by atoms with Crippen molar-refractivity contribution >= 4 is 0 Å². The first-order valence-corrected chi connectivity index (χ1v) is 6.72. The Morgan fingerprint density at radius 2 is 1.79 bits per heavy atom. The Kier molecular flexibility index (Phi) is 4.27. The Morgan fingerprint density at radius 1 is 1.11 bits per heavy atom. The van der Waals surface area contributed by atoms with Crippen molar-refractivity contribution in [2.24, 2.45) is 0 Å². The van der Waals surface area contributed by atoms with Gasteiger partial charge in [-0.3, -0.25) is 0 Å². The van der Waals surface area contributed by atoms with Crippen molar-refractivity contribution < 1.29 is 0 Å². The molecule has 19 heavy (non-hydrogen) atoms. The predicted octanol–water partition coefficient (Wildman–Crippen LogP) is 2.96. The number of hydrogen-bond acceptors (Lipinski definition) is 3. The fourth-order valence-electron chi connectivity index (χ4n) is 2.31. The maximum atomic E-state index is 4.22. The minimum Gasteiger partial charge on any atom is -0.309 e. The highest BCUT2D eigenvalue weighted by Gasteiger charge is 2.15. The van der Waals surface area contributed by atoms with Gasteiger partial charge in [0.1, 0.15) is 0 Å². The molecule has 1 unspecified atom stereocenters. The molecule has 1 N–H and O–H groups in total. The summed E-state index contributed by atoms with van der Waals surface area (Å²) in [5, 5.41) is 11.7. The van der Waals surface area contributed by atoms with Gasteiger partial charge in [0.2, 0.25) is 0 Å². The lowest BCUT2D eigenvalue weighted by Gasteiger charge is -2.19. The highest BCUT2D eigenvalue weighted by molar-refractivity contribution is 5.35. The second kappa shape index (κ2) is 5.93. The first kappa shape index (κ1) is 13.7. The van der Waals surface area contributed by atoms with Crippen LogP contribution in [0.3, 0.4) is 0 Å². The Labute approximate surface area is 115 Å². The molecule has 0 aliphatic heterocycles. The molecule has 1 atom stereocenters. The number of nitrogens with zero attached hydrogens (tertiary/aromatic N) is 2. The Hall–Kier alpha value is -1.74. The second-order valence-corrected chi connectivity index (χ2v) is 4.84. The molecule has 0 aliphatic carbocycles. The minimum absolute atomic E-state index is 0.167. The molecule has 0 spiro atoms. The number of benzene rings is 1. The lowest BCUT2D eigenvalue weighted by molar-refractivity contribution is 0.675. The zero-order valence-electron chi connectivity index (χ0n) is 12.1. The van der Waals surface area contributed by atoms with Crippen LogP contribution in [0, 0.1) is 13.8 Å². The highest BCUT2D eigenvalue weighted by atomic mass is 15.1. The molecule has 3 heteroatoms. The average Bonchev–Trinajstić information content (AvgIpc) is 2.44. The van der Waals surface area contributed by atoms with Crippen molar-refractivity contribution in [3.63, 3.8) is 0 Å². The van der Waals surface area contributed by atoms with Crippen LogP contribution in [0.4, 0.5) is 0 Å². The van der Waals surface area contributed by atoms with Crippen LogP contribution in [0.25, 0.3) is 0 Å². The molecule has 1 heterocycles. The Bertz CT molecular complexity index is 546. The van der Waals surface area contributed by atoms with Gasteiger partial charge in [0.05, 0.1) is 17.4 Å². The van der Waals surface area contributed by atoms with Crippen molar-refractivity contribution in [1.82, 2.24) is 15.5 Å². The van der Waals surface area contributed by atoms with Crippen LogP contribution < -0.4 is 5.32 Å². The molecule has 0 aliphatic rings. The third-order valence-electron chi connectivity index (χ3n) is 3.46. The van der Waals surface area contributed by atoms with E-state index in [4.69, 9.17) is 0 Å². The molecular weight excluding hydrogens is 234 g/mol. The van der Waals surface area contributed by atoms with Crippen LogP contribution in [0.15, 0.2) is 30.3 Å². The first-order chi connectivity index (χ1) is 9.15. The summed E-state index contributed by atoms with van der Waals surface area (Å²) in [5.41, 5.74) is 5.74. The summed E-state index contributed by atoms with van der Waals surface area (Å²) in [7, 11) is 1.98. The quantitative estimate of drug-likeness (QED) is 0.912. The number of hydrogen-bond donors (Lipinski definition) is 1. The third-order valence-corrected chi connectivity index (χ3v) is 3.46. The number of aromatic nitrogens is 2. The number of aryl methyl sites for hydroxylation is 3. The molecule has 0 radical (unpaired) electrons. The first-order valence-electron chi connectivity index (χ1n) is 6.72. The van der Waals surface area contributed by atoms with Gasteiger partial charge in [0.15, 0.2) is 0 Å². The molecule has 0 amide bonds. The van der Waals surface area contributed by atoms with Crippen LogP contribution >= 0.6 is 0 Å². The van der Waals surface area contributed by atoms with E-state index in [1.807, 2.05) is 20.9 Å². The van der Waals surface area contributed by atoms with Gasteiger partial charge in [-0.15, -0.1) is 0 Å². The van der Waals surface area contributed by atoms with Crippen LogP contribution in [-0.2, 0) is 6.42 Å². The van der Waals surface area contributed by atoms with Gasteiger partial charge < -0.3 is 5.32 Å². The molecule has 1 aromatic carbocycles. The average molecular weight is 255 g/mol. The van der Waals surface area contributed by atoms with Crippen LogP contribution in [0.5, 0.6) is 0 Å². The molecule has 0 saturated carbocycles. The van der Waals surface area contributed by atoms with Crippen molar-refractivity contribution in [3.8, 4) is 0 Å². The second-order valence-electron chi connectivity index (χ2n) is 4.84. The molecule has 2 rings (SSSR count). The fraction of sp³-hybridized carbons (Fsp3) is 0.375. The summed E-state index contributed by atoms with van der Waals surface area (Å²) in [6.07, 6.45) is 1.07. The van der Waals surface area contributed by atoms with Gasteiger partial charge in [-0.25, -0.2) is 0 Å². The van der Waals surface area contributed by atoms with Gasteiger partial charge in [-0.1, -0.05) is 31.2 Å². The van der Waals surface area contributed by atoms with E-state index in [0.717, 1.165) is 17.8 Å². The number of rotatable bonds is 4. The van der Waals surface area contributed by atoms with E-state index in [9.17, 15) is 0 Å². The summed E-state index contributed by atoms with van der Waals surface area (Å²) in [6, 6.07) is 11.0. The maximum absolute atomic E-state index is 4.22. The zero-order valence-corrected chi connectivity index (χ0v) is 12.1. The van der Waals surface area contributed by atoms with Gasteiger partial charge in [-0.05, 0) is 50.1 Å². The third kappa shape index (κ3) is 2.99. The van der Waals surface area contributed by atoms with Gasteiger partial charge in [-0.2, -0.15) is 10.2 Å². The normalized spacial score (nSPS) is 12.4. The van der Waals surface area contributed by atoms with Crippen molar-refractivity contribution in [2.45, 2.75) is 33.2 Å². The summed E-state index contributed by atoms with van der Waals surface area (Å²) in [5.74, 6) is 0. The standard InChI is InChI=1S/C16H21N3/c1-5-13-6-8-14(9-7-13)16(17-4)15-10-11(2)18-19-12(15)3/h6-10,16-17H,5H2,1-4H3. The smallest absolute Gasteiger partial charge is 0.0651 e. The van der Waals surface area contributed by atoms with Crippen LogP contribution in [0.2, 0.25) is 0 Å². The van der Waals surface area contributed by atoms with E-state index in [2.05, 4.69) is 52.8 Å². The largest absolute Gasteiger partial charge is 0.309 e. The summed E-state index contributed by atoms with van der Waals surface area (Å²) in [6.45, 7) is 6.15. The lowest BCUT2D eigenvalue weighted by atomic mass is 9.96. The maximum Gasteiger partial charge on any atom is 0.0651 e. The molecule has 1 aromatic heterocycles. The van der Waals surface area contributed by atoms with E-state index in [-0.39, 0.29) is 6.04 Å². The van der Waals surface area contributed by atoms with E-state index in [1.165, 1.54) is 16.7 Å². The van der Waals surface area contributed by atoms with Crippen LogP contribution in [0.1, 0.15) is 41.0 Å². The summed E-state index contributed by atoms with van der Waals surface area (Å²) in [4.78, 5) is 0. The molecule has 3 nitrogen and oxygen atoms in total. The SMILES string of the molecule is CCc1ccc(C(NC)c2cc(C)nnc2C)cc1. The monoisotopic (exact) mass is 255 g/mol. The zero-order chi connectivity index (χ0) is 13.8. The van der Waals surface area contributed by atoms with Gasteiger partial charge in [0, 0.05) is 0 Å². The predicted molar refractivity (Wildman–Crippen MR) is 78.2 cm³/mol. The van der Waals surface area contributed by atoms with Gasteiger partial charge >= 0.3 is 0 Å². The Balaban J connectivity index is 2.40. The topological polar surface area (TPSA) is 37.8 Å². The van der Waals surface area contributed by atoms with E-state index in [1.54, 1.807) is 0 Å². The molecule has 0 bridgehead atoms. The molecule has 0 fully saturated rings. The minimum atomic E-state index is 0.167. The van der Waals surface area contributed by atoms with Crippen LogP contribution in [-0.4, -0.2) is 17.2 Å². The molecule has 100 valence electrons. The fourth-order valence-corrected chi connectivity index (χ4v) is 2.31. The lowest BCUT2D eigenvalue weighted by Crippen LogP contribution is -2.19. The van der Waals surface area contributed by atoms with E-state index >= 15 is 0 Å². The van der Waals surface area contributed by atoms with Crippen molar-refractivity contribution in [3.05, 3.63) is 58.4 Å². The number of nitrogens with one attached hydrogen (secondary N) is 1. The van der Waals surface area contributed by atoms with Gasteiger partial charge in [0.25, 0.3) is 0 Å². The van der Waals surface area contributed by atoms with E-state index in [0.29, 0.717) is 0 Å². The Morgan fingerprint density at radius 3 is 2.37 bits per heavy atom. The molecule has 0 saturated heterocycles. The summed E-state index contributed by atoms with van der Waals surface area (Å²) < 4.78 is 0. The highest BCUT2D eigenvalue weighted by Crippen LogP contribution is 2.24. The van der Waals surface area contributed by atoms with Crippen molar-refractivity contribution in [2.75, 3.05) is 7.05 Å². The van der Waals surface area contributed by atoms with Crippen molar-refractivity contribution in [1.29, 1.82) is 0 Å². The van der Waals surface area contributed by atoms with E-state index < -0.39 is 0 Å². The summed E-state index contributed by atoms with van der Waals surface area (Å²) >= 11 is 0. The molecular formula is C16H21N3.